The summed E-state index contributed by atoms with van der Waals surface area (Å²) in [6.07, 6.45) is 0. The first kappa shape index (κ1) is 16.2. The van der Waals surface area contributed by atoms with E-state index >= 15 is 0 Å². The Bertz CT molecular complexity index is 948. The number of hydrazine groups is 2. The first-order valence-electron chi connectivity index (χ1n) is 6.54. The predicted molar refractivity (Wildman–Crippen MR) is 89.3 cm³/mol. The summed E-state index contributed by atoms with van der Waals surface area (Å²) in [7, 11) is -4.05. The molecule has 2 aromatic carbocycles. The number of carbonyl (C=O) groups is 1. The smallest absolute Gasteiger partial charge is 0.261 e. The van der Waals surface area contributed by atoms with Gasteiger partial charge in [-0.15, -0.1) is 5.53 Å². The van der Waals surface area contributed by atoms with Crippen LogP contribution in [0.1, 0.15) is 10.4 Å². The number of sulfonamides is 1. The Morgan fingerprint density at radius 3 is 2.58 bits per heavy atom. The van der Waals surface area contributed by atoms with Crippen molar-refractivity contribution in [2.24, 2.45) is 5.73 Å². The Kier molecular flexibility index (Phi) is 3.87. The molecule has 3 rings (SSSR count). The van der Waals surface area contributed by atoms with Crippen LogP contribution in [-0.2, 0) is 10.0 Å². The second-order valence-electron chi connectivity index (χ2n) is 4.91. The molecular formula is C13H12ClN5O4S. The maximum absolute atomic E-state index is 12.5. The number of aromatic hydroxyl groups is 1. The molecule has 0 saturated heterocycles. The molecule has 1 amide bonds. The van der Waals surface area contributed by atoms with E-state index in [1.165, 1.54) is 0 Å². The molecule has 0 saturated carbocycles. The van der Waals surface area contributed by atoms with Crippen LogP contribution in [0.2, 0.25) is 5.02 Å². The number of hydrogen-bond acceptors (Lipinski definition) is 7. The molecule has 0 bridgehead atoms. The summed E-state index contributed by atoms with van der Waals surface area (Å²) in [5, 5.41) is 9.39. The molecule has 0 radical (unpaired) electrons. The average molecular weight is 370 g/mol. The van der Waals surface area contributed by atoms with Crippen LogP contribution in [0.15, 0.2) is 35.2 Å². The van der Waals surface area contributed by atoms with Crippen LogP contribution >= 0.6 is 11.6 Å². The summed E-state index contributed by atoms with van der Waals surface area (Å²) in [4.78, 5) is 11.0. The summed E-state index contributed by atoms with van der Waals surface area (Å²) in [5.74, 6) is -1.56. The van der Waals surface area contributed by atoms with E-state index in [9.17, 15) is 18.3 Å². The average Bonchev–Trinajstić information content (AvgIpc) is 2.96. The van der Waals surface area contributed by atoms with E-state index in [0.29, 0.717) is 5.69 Å². The lowest BCUT2D eigenvalue weighted by molar-refractivity contribution is 0.0997. The number of fused-ring (bicyclic) bond motifs is 1. The molecule has 0 atom stereocenters. The first-order valence-corrected chi connectivity index (χ1v) is 8.40. The third-order valence-corrected chi connectivity index (χ3v) is 4.93. The Balaban J connectivity index is 1.98. The molecule has 0 aliphatic carbocycles. The second kappa shape index (κ2) is 5.74. The molecule has 0 fully saturated rings. The molecule has 1 aliphatic heterocycles. The van der Waals surface area contributed by atoms with Gasteiger partial charge in [0.1, 0.15) is 5.75 Å². The molecule has 0 aromatic heterocycles. The van der Waals surface area contributed by atoms with Crippen LogP contribution in [0.3, 0.4) is 0 Å². The SMILES string of the molecule is NC(=O)c1cc(S(=O)(=O)Nc2ccc3c(c2)NNN3)cc(Cl)c1O. The van der Waals surface area contributed by atoms with Crippen molar-refractivity contribution in [1.29, 1.82) is 0 Å². The van der Waals surface area contributed by atoms with Gasteiger partial charge in [0.2, 0.25) is 0 Å². The Morgan fingerprint density at radius 2 is 1.88 bits per heavy atom. The number of phenols is 1. The van der Waals surface area contributed by atoms with Gasteiger partial charge in [-0.3, -0.25) is 9.52 Å². The van der Waals surface area contributed by atoms with E-state index in [1.807, 2.05) is 0 Å². The van der Waals surface area contributed by atoms with Crippen molar-refractivity contribution < 1.29 is 18.3 Å². The zero-order valence-corrected chi connectivity index (χ0v) is 13.5. The normalized spacial score (nSPS) is 12.9. The van der Waals surface area contributed by atoms with Gasteiger partial charge in [0, 0.05) is 0 Å². The highest BCUT2D eigenvalue weighted by molar-refractivity contribution is 7.92. The van der Waals surface area contributed by atoms with Crippen molar-refractivity contribution in [2.75, 3.05) is 15.6 Å². The van der Waals surface area contributed by atoms with Gasteiger partial charge < -0.3 is 21.7 Å². The summed E-state index contributed by atoms with van der Waals surface area (Å²) in [6, 6.07) is 6.77. The quantitative estimate of drug-likeness (QED) is 0.474. The molecule has 1 heterocycles. The van der Waals surface area contributed by atoms with Gasteiger partial charge in [0.25, 0.3) is 15.9 Å². The van der Waals surface area contributed by atoms with Gasteiger partial charge in [-0.2, -0.15) is 0 Å². The molecule has 24 heavy (non-hydrogen) atoms. The molecule has 11 heteroatoms. The lowest BCUT2D eigenvalue weighted by Gasteiger charge is -2.11. The number of primary amides is 1. The van der Waals surface area contributed by atoms with E-state index in [2.05, 4.69) is 21.1 Å². The molecule has 2 aromatic rings. The minimum Gasteiger partial charge on any atom is -0.506 e. The van der Waals surface area contributed by atoms with Crippen molar-refractivity contribution in [2.45, 2.75) is 4.90 Å². The van der Waals surface area contributed by atoms with E-state index < -0.39 is 21.7 Å². The summed E-state index contributed by atoms with van der Waals surface area (Å²) in [6.45, 7) is 0. The van der Waals surface area contributed by atoms with Crippen LogP contribution in [0.4, 0.5) is 17.1 Å². The lowest BCUT2D eigenvalue weighted by Crippen LogP contribution is -2.19. The highest BCUT2D eigenvalue weighted by atomic mass is 35.5. The summed E-state index contributed by atoms with van der Waals surface area (Å²) < 4.78 is 27.3. The summed E-state index contributed by atoms with van der Waals surface area (Å²) in [5.41, 5.74) is 14.7. The fourth-order valence-electron chi connectivity index (χ4n) is 2.12. The molecular weight excluding hydrogens is 358 g/mol. The molecule has 9 nitrogen and oxygen atoms in total. The first-order chi connectivity index (χ1) is 11.3. The number of nitrogens with one attached hydrogen (secondary N) is 4. The number of halogens is 1. The fraction of sp³-hybridized carbons (Fsp3) is 0. The van der Waals surface area contributed by atoms with Gasteiger partial charge in [0.05, 0.1) is 32.5 Å². The van der Waals surface area contributed by atoms with Crippen molar-refractivity contribution in [3.8, 4) is 5.75 Å². The standard InChI is InChI=1S/C13H12ClN5O4S/c14-9-5-7(4-8(12(9)20)13(15)21)24(22,23)18-6-1-2-10-11(3-6)17-19-16-10/h1-5,16-20H,(H2,15,21). The van der Waals surface area contributed by atoms with Crippen molar-refractivity contribution >= 4 is 44.6 Å². The Morgan fingerprint density at radius 1 is 1.17 bits per heavy atom. The lowest BCUT2D eigenvalue weighted by atomic mass is 10.2. The number of amides is 1. The van der Waals surface area contributed by atoms with Crippen LogP contribution in [0.5, 0.6) is 5.75 Å². The highest BCUT2D eigenvalue weighted by Gasteiger charge is 2.21. The third kappa shape index (κ3) is 2.89. The van der Waals surface area contributed by atoms with Crippen LogP contribution in [-0.4, -0.2) is 19.4 Å². The minimum absolute atomic E-state index is 0.288. The van der Waals surface area contributed by atoms with Gasteiger partial charge in [-0.05, 0) is 30.3 Å². The van der Waals surface area contributed by atoms with E-state index in [1.54, 1.807) is 18.2 Å². The third-order valence-electron chi connectivity index (χ3n) is 3.28. The van der Waals surface area contributed by atoms with Gasteiger partial charge in [0.15, 0.2) is 0 Å². The molecule has 0 unspecified atom stereocenters. The van der Waals surface area contributed by atoms with Crippen LogP contribution in [0, 0.1) is 0 Å². The highest BCUT2D eigenvalue weighted by Crippen LogP contribution is 2.32. The van der Waals surface area contributed by atoms with E-state index in [4.69, 9.17) is 17.3 Å². The van der Waals surface area contributed by atoms with Gasteiger partial charge >= 0.3 is 0 Å². The van der Waals surface area contributed by atoms with Gasteiger partial charge in [-0.1, -0.05) is 11.6 Å². The zero-order valence-electron chi connectivity index (χ0n) is 11.9. The number of carbonyl (C=O) groups excluding carboxylic acids is 1. The fourth-order valence-corrected chi connectivity index (χ4v) is 3.50. The number of nitrogens with two attached hydrogens (primary N) is 1. The Labute approximate surface area is 141 Å². The van der Waals surface area contributed by atoms with Crippen LogP contribution < -0.4 is 26.8 Å². The molecule has 1 aliphatic rings. The molecule has 0 spiro atoms. The minimum atomic E-state index is -4.05. The molecule has 126 valence electrons. The second-order valence-corrected chi connectivity index (χ2v) is 7.00. The monoisotopic (exact) mass is 369 g/mol. The van der Waals surface area contributed by atoms with E-state index in [-0.39, 0.29) is 21.2 Å². The number of benzene rings is 2. The maximum atomic E-state index is 12.5. The zero-order chi connectivity index (χ0) is 17.5. The number of hydrogen-bond donors (Lipinski definition) is 6. The van der Waals surface area contributed by atoms with Crippen molar-refractivity contribution in [3.63, 3.8) is 0 Å². The number of rotatable bonds is 4. The van der Waals surface area contributed by atoms with Crippen molar-refractivity contribution in [3.05, 3.63) is 40.9 Å². The van der Waals surface area contributed by atoms with Crippen LogP contribution in [0.25, 0.3) is 0 Å². The van der Waals surface area contributed by atoms with E-state index in [0.717, 1.165) is 17.8 Å². The Hall–Kier alpha value is -2.69. The molecule has 7 N–H and O–H groups in total. The topological polar surface area (TPSA) is 146 Å². The van der Waals surface area contributed by atoms with Gasteiger partial charge in [-0.25, -0.2) is 8.42 Å². The van der Waals surface area contributed by atoms with Crippen molar-refractivity contribution in [1.82, 2.24) is 5.53 Å². The largest absolute Gasteiger partial charge is 0.506 e. The predicted octanol–water partition coefficient (Wildman–Crippen LogP) is 1.20. The maximum Gasteiger partial charge on any atom is 0.261 e. The summed E-state index contributed by atoms with van der Waals surface area (Å²) >= 11 is 5.77. The number of anilines is 3.